The highest BCUT2D eigenvalue weighted by Gasteiger charge is 1.88. The summed E-state index contributed by atoms with van der Waals surface area (Å²) in [7, 11) is 1.00. The van der Waals surface area contributed by atoms with E-state index in [-0.39, 0.29) is 29.8 Å². The van der Waals surface area contributed by atoms with E-state index < -0.39 is 0 Å². The maximum absolute atomic E-state index is 9.82. The summed E-state index contributed by atoms with van der Waals surface area (Å²) >= 11 is 0. The number of carbonyl (C=O) groups excluding carboxylic acids is 5. The second-order valence-corrected chi connectivity index (χ2v) is 30.2. The van der Waals surface area contributed by atoms with E-state index in [1.807, 2.05) is 0 Å². The molecule has 0 radical (unpaired) electrons. The normalized spacial score (nSPS) is 8.57. The molecule has 0 aliphatic rings. The number of hydrogen-bond acceptors (Lipinski definition) is 11. The maximum Gasteiger partial charge on any atom is 0.302 e. The summed E-state index contributed by atoms with van der Waals surface area (Å²) in [5.74, 6) is -1.05. The fraction of sp³-hybridized carbons (Fsp3) is 0.955. The molecule has 0 aliphatic carbocycles. The van der Waals surface area contributed by atoms with Crippen molar-refractivity contribution in [3.63, 3.8) is 0 Å². The van der Waals surface area contributed by atoms with Crippen LogP contribution in [0.15, 0.2) is 0 Å². The Bertz CT molecular complexity index is 975. The molecule has 122 heavy (non-hydrogen) atoms. The molecule has 0 atom stereocenters. The molecule has 11 nitrogen and oxygen atoms in total. The summed E-state index contributed by atoms with van der Waals surface area (Å²) in [5.41, 5.74) is 0. The summed E-state index contributed by atoms with van der Waals surface area (Å²) in [4.78, 5) is 49.1. The van der Waals surface area contributed by atoms with E-state index >= 15 is 0 Å². The Kier molecular flexibility index (Phi) is 340. The highest BCUT2D eigenvalue weighted by atomic mass is 16.5. The number of rotatable bonds is 50. The van der Waals surface area contributed by atoms with Gasteiger partial charge in [0.25, 0.3) is 0 Å². The predicted octanol–water partition coefficient (Wildman–Crippen LogP) is 41.3. The molecule has 0 aromatic carbocycles. The van der Waals surface area contributed by atoms with Crippen molar-refractivity contribution in [3.05, 3.63) is 0 Å². The first-order valence-corrected chi connectivity index (χ1v) is 53.7. The minimum Gasteiger partial charge on any atom is -0.466 e. The molecule has 0 unspecified atom stereocenters. The lowest BCUT2D eigenvalue weighted by atomic mass is 10.2. The van der Waals surface area contributed by atoms with Crippen molar-refractivity contribution >= 4 is 29.8 Å². The molecule has 0 spiro atoms. The third-order valence-electron chi connectivity index (χ3n) is 16.1. The van der Waals surface area contributed by atoms with Crippen LogP contribution < -0.4 is 0 Å². The number of unbranched alkanes of at least 4 members (excludes halogenated alkanes) is 45. The van der Waals surface area contributed by atoms with Gasteiger partial charge >= 0.3 is 29.8 Å². The lowest BCUT2D eigenvalue weighted by molar-refractivity contribution is -0.141. The van der Waals surface area contributed by atoms with E-state index in [9.17, 15) is 24.0 Å². The van der Waals surface area contributed by atoms with Gasteiger partial charge in [-0.15, -0.1) is 0 Å². The Balaban J connectivity index is -0.0000000463. The van der Waals surface area contributed by atoms with Gasteiger partial charge in [0.05, 0.1) is 33.0 Å². The minimum absolute atomic E-state index is 0.211. The molecule has 11 heteroatoms. The quantitative estimate of drug-likeness (QED) is 0.0352. The van der Waals surface area contributed by atoms with Crippen LogP contribution in [0.3, 0.4) is 0 Å². The second kappa shape index (κ2) is 240. The fourth-order valence-corrected chi connectivity index (χ4v) is 8.52. The van der Waals surface area contributed by atoms with Gasteiger partial charge in [0, 0.05) is 41.7 Å². The first-order valence-electron chi connectivity index (χ1n) is 53.7. The largest absolute Gasteiger partial charge is 0.466 e. The molecule has 0 rings (SSSR count). The minimum atomic E-state index is -0.211. The van der Waals surface area contributed by atoms with E-state index in [1.54, 1.807) is 34.6 Å². The Hall–Kier alpha value is -2.69. The summed E-state index contributed by atoms with van der Waals surface area (Å²) in [5, 5.41) is 7.00. The standard InChI is InChI=1S/15C6H14.5C4H8O2.CH4O/c15*1-3-5-6-4-2;5*1-3-6-4(2)5;1-2/h15*3-6H2,1-2H3;5*3H2,1-2H3;2H,1H3. The van der Waals surface area contributed by atoms with Crippen molar-refractivity contribution in [2.45, 2.75) is 662 Å². The molecule has 0 bridgehead atoms. The van der Waals surface area contributed by atoms with Gasteiger partial charge in [-0.25, -0.2) is 0 Å². The highest BCUT2D eigenvalue weighted by molar-refractivity contribution is 5.66. The molecule has 0 saturated carbocycles. The van der Waals surface area contributed by atoms with Crippen molar-refractivity contribution in [2.24, 2.45) is 0 Å². The zero-order valence-electron chi connectivity index (χ0n) is 94.0. The van der Waals surface area contributed by atoms with Crippen LogP contribution in [0.2, 0.25) is 0 Å². The van der Waals surface area contributed by atoms with E-state index in [1.165, 1.54) is 420 Å². The van der Waals surface area contributed by atoms with Crippen LogP contribution in [-0.4, -0.2) is 75.1 Å². The number of aliphatic hydroxyl groups excluding tert-OH is 1. The molecular formula is C111H254O11. The number of aliphatic hydroxyl groups is 1. The SMILES string of the molecule is CCCCCC.CCCCCC.CCCCCC.CCCCCC.CCCCCC.CCCCCC.CCCCCC.CCCCCC.CCCCCC.CCCCCC.CCCCCC.CCCCCC.CCCCCC.CCCCCC.CCCCCC.CCOC(C)=O.CCOC(C)=O.CCOC(C)=O.CCOC(C)=O.CCOC(C)=O.CO. The fourth-order valence-electron chi connectivity index (χ4n) is 8.52. The second-order valence-electron chi connectivity index (χ2n) is 30.2. The van der Waals surface area contributed by atoms with Crippen LogP contribution in [-0.2, 0) is 47.7 Å². The van der Waals surface area contributed by atoms with Crippen molar-refractivity contribution in [1.82, 2.24) is 0 Å². The average molecular weight is 1770 g/mol. The van der Waals surface area contributed by atoms with E-state index in [0.29, 0.717) is 33.0 Å². The molecule has 0 fully saturated rings. The van der Waals surface area contributed by atoms with Crippen LogP contribution in [0.5, 0.6) is 0 Å². The van der Waals surface area contributed by atoms with E-state index in [0.717, 1.165) is 7.11 Å². The zero-order chi connectivity index (χ0) is 99.4. The van der Waals surface area contributed by atoms with Crippen molar-refractivity contribution in [1.29, 1.82) is 0 Å². The van der Waals surface area contributed by atoms with Crippen molar-refractivity contribution < 1.29 is 52.8 Å². The smallest absolute Gasteiger partial charge is 0.302 e. The van der Waals surface area contributed by atoms with Crippen LogP contribution >= 0.6 is 0 Å². The topological polar surface area (TPSA) is 152 Å². The molecule has 764 valence electrons. The number of carbonyl (C=O) groups is 5. The summed E-state index contributed by atoms with van der Waals surface area (Å²) in [6.07, 6.45) is 83.0. The van der Waals surface area contributed by atoms with Gasteiger partial charge in [0.1, 0.15) is 0 Å². The van der Waals surface area contributed by atoms with Crippen molar-refractivity contribution in [3.8, 4) is 0 Å². The average Bonchev–Trinajstić information content (AvgIpc) is 1.29. The Morgan fingerprint density at radius 1 is 0.123 bits per heavy atom. The number of hydrogen-bond donors (Lipinski definition) is 1. The lowest BCUT2D eigenvalue weighted by Gasteiger charge is -1.89. The van der Waals surface area contributed by atoms with Crippen LogP contribution in [0.25, 0.3) is 0 Å². The van der Waals surface area contributed by atoms with Gasteiger partial charge in [-0.1, -0.05) is 593 Å². The first-order chi connectivity index (χ1) is 58.6. The Labute approximate surface area is 780 Å². The summed E-state index contributed by atoms with van der Waals surface area (Å²) in [6, 6.07) is 0. The third-order valence-corrected chi connectivity index (χ3v) is 16.1. The summed E-state index contributed by atoms with van der Waals surface area (Å²) in [6.45, 7) is 85.2. The van der Waals surface area contributed by atoms with Gasteiger partial charge in [-0.05, 0) is 34.6 Å². The summed E-state index contributed by atoms with van der Waals surface area (Å²) < 4.78 is 22.0. The number of esters is 5. The predicted molar refractivity (Wildman–Crippen MR) is 567 cm³/mol. The molecule has 1 N–H and O–H groups in total. The van der Waals surface area contributed by atoms with Crippen LogP contribution in [0.1, 0.15) is 662 Å². The monoisotopic (exact) mass is 1760 g/mol. The molecule has 0 aliphatic heterocycles. The molecular weight excluding hydrogens is 1510 g/mol. The van der Waals surface area contributed by atoms with Gasteiger partial charge in [-0.3, -0.25) is 24.0 Å². The molecule has 0 saturated heterocycles. The molecule has 0 amide bonds. The Morgan fingerprint density at radius 3 is 0.172 bits per heavy atom. The van der Waals surface area contributed by atoms with Gasteiger partial charge < -0.3 is 28.8 Å². The third kappa shape index (κ3) is 483. The zero-order valence-corrected chi connectivity index (χ0v) is 94.0. The molecule has 0 aromatic rings. The highest BCUT2D eigenvalue weighted by Crippen LogP contribution is 2.03. The number of ether oxygens (including phenoxy) is 5. The molecule has 0 aromatic heterocycles. The lowest BCUT2D eigenvalue weighted by Crippen LogP contribution is -1.95. The first kappa shape index (κ1) is 173. The van der Waals surface area contributed by atoms with E-state index in [2.05, 4.69) is 231 Å². The Morgan fingerprint density at radius 2 is 0.164 bits per heavy atom. The molecule has 0 heterocycles. The van der Waals surface area contributed by atoms with Crippen LogP contribution in [0.4, 0.5) is 0 Å². The van der Waals surface area contributed by atoms with Gasteiger partial charge in [0.15, 0.2) is 0 Å². The van der Waals surface area contributed by atoms with Gasteiger partial charge in [0.2, 0.25) is 0 Å². The van der Waals surface area contributed by atoms with Gasteiger partial charge in [-0.2, -0.15) is 0 Å². The van der Waals surface area contributed by atoms with E-state index in [4.69, 9.17) is 5.11 Å². The van der Waals surface area contributed by atoms with Crippen LogP contribution in [0, 0.1) is 0 Å². The maximum atomic E-state index is 9.82. The van der Waals surface area contributed by atoms with Crippen molar-refractivity contribution in [2.75, 3.05) is 40.1 Å².